The first-order valence-corrected chi connectivity index (χ1v) is 28.2. The molecule has 6 aromatic rings. The van der Waals surface area contributed by atoms with Crippen LogP contribution in [-0.2, 0) is 37.1 Å². The van der Waals surface area contributed by atoms with Gasteiger partial charge in [-0.25, -0.2) is 24.0 Å². The Morgan fingerprint density at radius 3 is 1.19 bits per heavy atom. The molecule has 0 radical (unpaired) electrons. The van der Waals surface area contributed by atoms with Crippen LogP contribution in [0.5, 0.6) is 11.5 Å². The lowest BCUT2D eigenvalue weighted by atomic mass is 9.83. The molecule has 2 atom stereocenters. The van der Waals surface area contributed by atoms with Crippen LogP contribution in [0.1, 0.15) is 127 Å². The summed E-state index contributed by atoms with van der Waals surface area (Å²) in [6.07, 6.45) is 1.61. The molecule has 98 heavy (non-hydrogen) atoms. The number of carboxylic acid groups (broad SMARTS) is 7. The number of anilines is 4. The number of hydrogen-bond acceptors (Lipinski definition) is 25. The molecule has 33 nitrogen and oxygen atoms in total. The van der Waals surface area contributed by atoms with Gasteiger partial charge in [-0.1, -0.05) is 35.8 Å². The highest BCUT2D eigenvalue weighted by atomic mass is 16.4. The number of aliphatic carboxylic acids is 2. The van der Waals surface area contributed by atoms with Crippen molar-refractivity contribution in [2.45, 2.75) is 57.3 Å². The number of carboxylic acids is 7. The van der Waals surface area contributed by atoms with Gasteiger partial charge in [-0.05, 0) is 127 Å². The molecule has 0 heterocycles. The van der Waals surface area contributed by atoms with Crippen LogP contribution in [0.4, 0.5) is 22.7 Å². The van der Waals surface area contributed by atoms with E-state index in [2.05, 4.69) is 29.0 Å². The number of nitrogens with two attached hydrogens (primary N) is 11. The second kappa shape index (κ2) is 45.8. The number of aromatic carboxylic acids is 5. The maximum Gasteiger partial charge on any atom is 0.373 e. The number of ketones is 2. The molecule has 0 aromatic heterocycles. The molecule has 1 aliphatic rings. The first-order valence-electron chi connectivity index (χ1n) is 28.2. The summed E-state index contributed by atoms with van der Waals surface area (Å²) in [4.78, 5) is 125. The number of amides is 1. The summed E-state index contributed by atoms with van der Waals surface area (Å²) in [7, 11) is 0. The smallest absolute Gasteiger partial charge is 0.373 e. The lowest BCUT2D eigenvalue weighted by Gasteiger charge is -2.28. The van der Waals surface area contributed by atoms with Crippen LogP contribution in [-0.4, -0.2) is 150 Å². The maximum atomic E-state index is 11.7. The Labute approximate surface area is 559 Å². The SMILES string of the molecule is NC1CC(N)CC(C(=O)O)C1.NCC#Cc1cc(C#CCN)cc(C(=O)O)c1.NCC(=O)c1cc(NC(=O)CCC(=O)O)cc(C(=O)CN)c1.NCc1cc(CN)cc(C(=O)O)c1.Nc1cc(N)cc(C(=O)O)c1.Nc1cccc(C(=O)O)c1.O=C(O)c1cc(O)cc(O)c1.O=C=O. The van der Waals surface area contributed by atoms with E-state index in [9.17, 15) is 47.9 Å². The molecular formula is C65H76N12O21. The van der Waals surface area contributed by atoms with Crippen molar-refractivity contribution in [3.63, 3.8) is 0 Å². The summed E-state index contributed by atoms with van der Waals surface area (Å²) >= 11 is 0. The van der Waals surface area contributed by atoms with Crippen LogP contribution >= 0.6 is 0 Å². The van der Waals surface area contributed by atoms with Gasteiger partial charge in [0, 0.05) is 82.7 Å². The van der Waals surface area contributed by atoms with Gasteiger partial charge < -0.3 is 114 Å². The van der Waals surface area contributed by atoms with Crippen molar-refractivity contribution in [2.75, 3.05) is 48.7 Å². The zero-order chi connectivity index (χ0) is 74.8. The number of carbonyl (C=O) groups excluding carboxylic acids is 5. The molecule has 0 spiro atoms. The third-order valence-electron chi connectivity index (χ3n) is 12.1. The van der Waals surface area contributed by atoms with Gasteiger partial charge in [-0.15, -0.1) is 0 Å². The molecule has 1 aliphatic carbocycles. The van der Waals surface area contributed by atoms with E-state index in [4.69, 9.17) is 119 Å². The van der Waals surface area contributed by atoms with Gasteiger partial charge in [0.05, 0.1) is 66.3 Å². The number of rotatable bonds is 16. The Morgan fingerprint density at radius 1 is 0.439 bits per heavy atom. The van der Waals surface area contributed by atoms with E-state index in [0.29, 0.717) is 54.1 Å². The molecule has 1 saturated carbocycles. The Bertz CT molecular complexity index is 3720. The van der Waals surface area contributed by atoms with Crippen molar-refractivity contribution in [1.29, 1.82) is 0 Å². The molecule has 0 bridgehead atoms. The summed E-state index contributed by atoms with van der Waals surface area (Å²) in [6.45, 7) is 0.615. The predicted molar refractivity (Wildman–Crippen MR) is 356 cm³/mol. The molecule has 7 rings (SSSR count). The third kappa shape index (κ3) is 35.6. The Kier molecular flexibility index (Phi) is 40.0. The quantitative estimate of drug-likeness (QED) is 0.0369. The lowest BCUT2D eigenvalue weighted by molar-refractivity contribution is -0.191. The monoisotopic (exact) mass is 1360 g/mol. The van der Waals surface area contributed by atoms with E-state index in [0.717, 1.165) is 35.7 Å². The minimum absolute atomic E-state index is 0.0279. The largest absolute Gasteiger partial charge is 0.508 e. The molecule has 6 aromatic carbocycles. The van der Waals surface area contributed by atoms with E-state index in [1.165, 1.54) is 60.7 Å². The fourth-order valence-corrected chi connectivity index (χ4v) is 7.83. The minimum atomic E-state index is -1.18. The summed E-state index contributed by atoms with van der Waals surface area (Å²) < 4.78 is 0. The van der Waals surface area contributed by atoms with Gasteiger partial charge in [0.15, 0.2) is 11.6 Å². The second-order valence-electron chi connectivity index (χ2n) is 19.9. The fraction of sp³-hybridized carbons (Fsp3) is 0.215. The highest BCUT2D eigenvalue weighted by Crippen LogP contribution is 2.23. The fourth-order valence-electron chi connectivity index (χ4n) is 7.83. The summed E-state index contributed by atoms with van der Waals surface area (Å²) in [6, 6.07) is 27.2. The molecule has 522 valence electrons. The number of carbonyl (C=O) groups is 10. The first-order chi connectivity index (χ1) is 46.1. The van der Waals surface area contributed by atoms with Gasteiger partial charge in [-0.2, -0.15) is 9.59 Å². The van der Waals surface area contributed by atoms with Crippen LogP contribution in [0.3, 0.4) is 0 Å². The number of benzene rings is 6. The van der Waals surface area contributed by atoms with Crippen molar-refractivity contribution in [1.82, 2.24) is 0 Å². The standard InChI is InChI=1S/C14H17N3O5.C13H12N2O2.C9H12N2O2.C7H14N2O2.C7H8N2O2.C7H7NO2.C7H6O4.CO2/c15-6-11(18)8-3-9(12(19)7-16)5-10(4-8)17-13(20)1-2-14(21)22;14-5-1-3-10-7-11(4-2-6-15)9-12(8-10)13(16)17;10-4-6-1-7(5-11)3-8(2-6)9(12)13;2*8-5-1-4(7(10)11)2-6(9)3-5;8-6-3-1-2-5(4-6)7(9)10;8-5-1-4(7(10)11)2-6(9)3-5;2-1-3/h3-5H,1-2,6-7,15-16H2,(H,17,20)(H,21,22);7-9H,5-6,14-15H2,(H,16,17);1-3H,4-5,10-11H2,(H,12,13);4-6H,1-3,8-9H2,(H,10,11);1-3H,8-9H2,(H,10,11);1-4H,8H2,(H,9,10);1-3,8-9H,(H,10,11);. The topological polar surface area (TPSA) is 685 Å². The van der Waals surface area contributed by atoms with Gasteiger partial charge in [0.2, 0.25) is 5.91 Å². The molecule has 1 fully saturated rings. The molecule has 33 heteroatoms. The first kappa shape index (κ1) is 85.6. The Hall–Kier alpha value is -12.4. The number of aromatic hydroxyl groups is 2. The van der Waals surface area contributed by atoms with Gasteiger partial charge in [-0.3, -0.25) is 24.0 Å². The van der Waals surface area contributed by atoms with Crippen molar-refractivity contribution < 1.29 is 103 Å². The average molecular weight is 1360 g/mol. The van der Waals surface area contributed by atoms with E-state index >= 15 is 0 Å². The Morgan fingerprint density at radius 2 is 0.837 bits per heavy atom. The lowest BCUT2D eigenvalue weighted by Crippen LogP contribution is -2.41. The number of phenolic OH excluding ortho intramolecular Hbond substituents is 2. The van der Waals surface area contributed by atoms with Crippen LogP contribution in [0.2, 0.25) is 0 Å². The summed E-state index contributed by atoms with van der Waals surface area (Å²) in [5.74, 6) is 1.72. The van der Waals surface area contributed by atoms with Crippen LogP contribution in [0.15, 0.2) is 115 Å². The van der Waals surface area contributed by atoms with E-state index < -0.39 is 59.3 Å². The normalized spacial score (nSPS) is 12.6. The highest BCUT2D eigenvalue weighted by Gasteiger charge is 2.29. The van der Waals surface area contributed by atoms with Crippen molar-refractivity contribution >= 4 is 88.2 Å². The minimum Gasteiger partial charge on any atom is -0.508 e. The van der Waals surface area contributed by atoms with Gasteiger partial charge in [0.25, 0.3) is 0 Å². The third-order valence-corrected chi connectivity index (χ3v) is 12.1. The molecule has 32 N–H and O–H groups in total. The molecule has 2 unspecified atom stereocenters. The molecular weight excluding hydrogens is 1280 g/mol. The van der Waals surface area contributed by atoms with Crippen molar-refractivity contribution in [3.05, 3.63) is 176 Å². The van der Waals surface area contributed by atoms with Crippen LogP contribution in [0.25, 0.3) is 0 Å². The number of nitrogen functional groups attached to an aromatic ring is 3. The molecule has 1 amide bonds. The van der Waals surface area contributed by atoms with E-state index in [1.54, 1.807) is 30.3 Å². The van der Waals surface area contributed by atoms with Gasteiger partial charge >= 0.3 is 47.9 Å². The van der Waals surface area contributed by atoms with Crippen molar-refractivity contribution in [3.8, 4) is 35.2 Å². The number of Topliss-reactive ketones (excluding diaryl/α,β-unsaturated/α-hetero) is 2. The highest BCUT2D eigenvalue weighted by molar-refractivity contribution is 6.05. The average Bonchev–Trinajstić information content (AvgIpc) is 0.843. The van der Waals surface area contributed by atoms with Crippen LogP contribution in [0, 0.1) is 29.6 Å². The molecule has 0 aliphatic heterocycles. The predicted octanol–water partition coefficient (Wildman–Crippen LogP) is 1.33. The second-order valence-corrected chi connectivity index (χ2v) is 19.9. The van der Waals surface area contributed by atoms with E-state index in [1.807, 2.05) is 6.07 Å². The molecule has 0 saturated heterocycles. The summed E-state index contributed by atoms with van der Waals surface area (Å²) in [5, 5.41) is 80.3. The van der Waals surface area contributed by atoms with Crippen LogP contribution < -0.4 is 68.4 Å². The summed E-state index contributed by atoms with van der Waals surface area (Å²) in [5.41, 5.74) is 64.3. The maximum absolute atomic E-state index is 11.7. The number of hydrogen-bond donors (Lipinski definition) is 21. The number of nitrogens with one attached hydrogen (secondary N) is 1. The Balaban J connectivity index is 0.00000113. The van der Waals surface area contributed by atoms with Gasteiger partial charge in [0.1, 0.15) is 11.5 Å². The zero-order valence-corrected chi connectivity index (χ0v) is 52.3. The zero-order valence-electron chi connectivity index (χ0n) is 52.3. The number of phenols is 2. The van der Waals surface area contributed by atoms with E-state index in [-0.39, 0.29) is 119 Å². The van der Waals surface area contributed by atoms with Crippen molar-refractivity contribution in [2.24, 2.45) is 51.8 Å².